The number of fused-ring (bicyclic) bond motifs is 1. The van der Waals surface area contributed by atoms with Gasteiger partial charge in [0, 0.05) is 10.9 Å². The lowest BCUT2D eigenvalue weighted by Gasteiger charge is -2.05. The van der Waals surface area contributed by atoms with E-state index in [-0.39, 0.29) is 12.2 Å². The van der Waals surface area contributed by atoms with Gasteiger partial charge in [-0.2, -0.15) is 21.6 Å². The number of benzene rings is 1. The summed E-state index contributed by atoms with van der Waals surface area (Å²) in [6, 6.07) is 2.99. The predicted molar refractivity (Wildman–Crippen MR) is 60.8 cm³/mol. The zero-order chi connectivity index (χ0) is 14.3. The molecule has 4 nitrogen and oxygen atoms in total. The Kier molecular flexibility index (Phi) is 3.31. The van der Waals surface area contributed by atoms with E-state index in [0.717, 1.165) is 18.4 Å². The van der Waals surface area contributed by atoms with Gasteiger partial charge in [-0.1, -0.05) is 6.07 Å². The summed E-state index contributed by atoms with van der Waals surface area (Å²) in [4.78, 5) is 0. The number of hydrogen-bond donors (Lipinski definition) is 0. The van der Waals surface area contributed by atoms with Crippen LogP contribution in [0.3, 0.4) is 0 Å². The van der Waals surface area contributed by atoms with Crippen molar-refractivity contribution in [1.82, 2.24) is 0 Å². The van der Waals surface area contributed by atoms with Gasteiger partial charge in [-0.05, 0) is 12.1 Å². The molecule has 8 heteroatoms. The van der Waals surface area contributed by atoms with Crippen LogP contribution in [0.1, 0.15) is 11.1 Å². The molecule has 0 fully saturated rings. The average Bonchev–Trinajstić information content (AvgIpc) is 2.66. The molecule has 0 spiro atoms. The van der Waals surface area contributed by atoms with E-state index < -0.39 is 21.9 Å². The van der Waals surface area contributed by atoms with Gasteiger partial charge >= 0.3 is 6.18 Å². The molecule has 1 heterocycles. The van der Waals surface area contributed by atoms with Crippen molar-refractivity contribution in [1.29, 1.82) is 0 Å². The molecule has 0 bridgehead atoms. The van der Waals surface area contributed by atoms with Crippen LogP contribution in [-0.2, 0) is 27.1 Å². The topological polar surface area (TPSA) is 56.5 Å². The summed E-state index contributed by atoms with van der Waals surface area (Å²) < 4.78 is 68.7. The van der Waals surface area contributed by atoms with E-state index in [0.29, 0.717) is 10.9 Å². The minimum absolute atomic E-state index is 0.0296. The fourth-order valence-corrected chi connectivity index (χ4v) is 1.88. The summed E-state index contributed by atoms with van der Waals surface area (Å²) in [6.07, 6.45) is -2.39. The standard InChI is InChI=1S/C11H9F3O4S/c1-19(15,16)18-6-7-5-17-10-4-8(11(12,13)14)2-3-9(7)10/h2-5H,6H2,1H3. The molecule has 1 aromatic heterocycles. The summed E-state index contributed by atoms with van der Waals surface area (Å²) in [6.45, 7) is -0.281. The molecule has 0 aliphatic rings. The number of alkyl halides is 3. The van der Waals surface area contributed by atoms with Crippen molar-refractivity contribution in [2.24, 2.45) is 0 Å². The molecule has 0 amide bonds. The van der Waals surface area contributed by atoms with Gasteiger partial charge in [-0.3, -0.25) is 4.18 Å². The Hall–Kier alpha value is -1.54. The molecule has 0 aliphatic carbocycles. The monoisotopic (exact) mass is 294 g/mol. The van der Waals surface area contributed by atoms with Crippen LogP contribution < -0.4 is 0 Å². The molecule has 0 aliphatic heterocycles. The Labute approximate surface area is 106 Å². The maximum absolute atomic E-state index is 12.5. The average molecular weight is 294 g/mol. The second-order valence-corrected chi connectivity index (χ2v) is 5.58. The Morgan fingerprint density at radius 1 is 1.32 bits per heavy atom. The molecular weight excluding hydrogens is 285 g/mol. The van der Waals surface area contributed by atoms with Crippen LogP contribution in [0.5, 0.6) is 0 Å². The van der Waals surface area contributed by atoms with E-state index in [1.807, 2.05) is 0 Å². The zero-order valence-corrected chi connectivity index (χ0v) is 10.5. The summed E-state index contributed by atoms with van der Waals surface area (Å²) in [5.41, 5.74) is -0.430. The third kappa shape index (κ3) is 3.27. The quantitative estimate of drug-likeness (QED) is 0.817. The molecule has 0 unspecified atom stereocenters. The fourth-order valence-electron chi connectivity index (χ4n) is 1.54. The second-order valence-electron chi connectivity index (χ2n) is 3.94. The van der Waals surface area contributed by atoms with Gasteiger partial charge in [0.25, 0.3) is 10.1 Å². The highest BCUT2D eigenvalue weighted by Crippen LogP contribution is 2.33. The van der Waals surface area contributed by atoms with Crippen LogP contribution in [-0.4, -0.2) is 14.7 Å². The molecule has 104 valence electrons. The maximum atomic E-state index is 12.5. The third-order valence-corrected chi connectivity index (χ3v) is 2.96. The Balaban J connectivity index is 2.35. The molecule has 2 aromatic rings. The lowest BCUT2D eigenvalue weighted by molar-refractivity contribution is -0.137. The lowest BCUT2D eigenvalue weighted by atomic mass is 10.1. The molecule has 0 saturated carbocycles. The van der Waals surface area contributed by atoms with Crippen molar-refractivity contribution in [2.75, 3.05) is 6.26 Å². The lowest BCUT2D eigenvalue weighted by Crippen LogP contribution is -2.04. The van der Waals surface area contributed by atoms with Crippen LogP contribution in [0, 0.1) is 0 Å². The Bertz CT molecular complexity index is 700. The molecule has 0 N–H and O–H groups in total. The molecule has 0 atom stereocenters. The molecule has 2 rings (SSSR count). The molecule has 0 saturated heterocycles. The van der Waals surface area contributed by atoms with Crippen LogP contribution in [0.15, 0.2) is 28.9 Å². The third-order valence-electron chi connectivity index (χ3n) is 2.41. The zero-order valence-electron chi connectivity index (χ0n) is 9.69. The smallest absolute Gasteiger partial charge is 0.416 e. The van der Waals surface area contributed by atoms with Gasteiger partial charge < -0.3 is 4.42 Å². The first-order chi connectivity index (χ1) is 8.67. The molecule has 0 radical (unpaired) electrons. The van der Waals surface area contributed by atoms with Crippen LogP contribution in [0.25, 0.3) is 11.0 Å². The number of hydrogen-bond acceptors (Lipinski definition) is 4. The van der Waals surface area contributed by atoms with Crippen molar-refractivity contribution >= 4 is 21.1 Å². The van der Waals surface area contributed by atoms with E-state index in [9.17, 15) is 21.6 Å². The van der Waals surface area contributed by atoms with E-state index in [4.69, 9.17) is 4.42 Å². The number of halogens is 3. The van der Waals surface area contributed by atoms with Gasteiger partial charge in [0.1, 0.15) is 5.58 Å². The first-order valence-corrected chi connectivity index (χ1v) is 6.90. The molecular formula is C11H9F3O4S. The predicted octanol–water partition coefficient (Wildman–Crippen LogP) is 2.93. The van der Waals surface area contributed by atoms with Crippen molar-refractivity contribution in [3.05, 3.63) is 35.6 Å². The molecule has 1 aromatic carbocycles. The summed E-state index contributed by atoms with van der Waals surface area (Å²) in [7, 11) is -3.62. The van der Waals surface area contributed by atoms with Crippen LogP contribution in [0.2, 0.25) is 0 Å². The number of rotatable bonds is 3. The SMILES string of the molecule is CS(=O)(=O)OCc1coc2cc(C(F)(F)F)ccc12. The highest BCUT2D eigenvalue weighted by molar-refractivity contribution is 7.85. The highest BCUT2D eigenvalue weighted by atomic mass is 32.2. The van der Waals surface area contributed by atoms with E-state index in [1.165, 1.54) is 12.3 Å². The van der Waals surface area contributed by atoms with E-state index in [2.05, 4.69) is 4.18 Å². The largest absolute Gasteiger partial charge is 0.464 e. The Morgan fingerprint density at radius 2 is 2.00 bits per heavy atom. The van der Waals surface area contributed by atoms with Crippen molar-refractivity contribution < 1.29 is 30.2 Å². The van der Waals surface area contributed by atoms with Crippen LogP contribution in [0.4, 0.5) is 13.2 Å². The van der Waals surface area contributed by atoms with Gasteiger partial charge in [0.2, 0.25) is 0 Å². The van der Waals surface area contributed by atoms with Crippen molar-refractivity contribution in [3.8, 4) is 0 Å². The van der Waals surface area contributed by atoms with Crippen molar-refractivity contribution in [3.63, 3.8) is 0 Å². The fraction of sp³-hybridized carbons (Fsp3) is 0.273. The minimum Gasteiger partial charge on any atom is -0.464 e. The maximum Gasteiger partial charge on any atom is 0.416 e. The Morgan fingerprint density at radius 3 is 2.58 bits per heavy atom. The minimum atomic E-state index is -4.45. The van der Waals surface area contributed by atoms with Gasteiger partial charge in [0.05, 0.1) is 24.7 Å². The van der Waals surface area contributed by atoms with Gasteiger partial charge in [0.15, 0.2) is 0 Å². The second kappa shape index (κ2) is 4.53. The van der Waals surface area contributed by atoms with Gasteiger partial charge in [-0.15, -0.1) is 0 Å². The summed E-state index contributed by atoms with van der Waals surface area (Å²) in [5, 5.41) is 0.386. The van der Waals surface area contributed by atoms with E-state index >= 15 is 0 Å². The highest BCUT2D eigenvalue weighted by Gasteiger charge is 2.31. The number of furan rings is 1. The first kappa shape index (κ1) is 13.9. The van der Waals surface area contributed by atoms with Crippen molar-refractivity contribution in [2.45, 2.75) is 12.8 Å². The van der Waals surface area contributed by atoms with E-state index in [1.54, 1.807) is 0 Å². The van der Waals surface area contributed by atoms with Crippen LogP contribution >= 0.6 is 0 Å². The molecule has 19 heavy (non-hydrogen) atoms. The summed E-state index contributed by atoms with van der Waals surface area (Å²) >= 11 is 0. The van der Waals surface area contributed by atoms with Gasteiger partial charge in [-0.25, -0.2) is 0 Å². The summed E-state index contributed by atoms with van der Waals surface area (Å²) in [5.74, 6) is 0. The first-order valence-electron chi connectivity index (χ1n) is 5.08. The normalized spacial score (nSPS) is 13.1.